The summed E-state index contributed by atoms with van der Waals surface area (Å²) in [7, 11) is 0. The van der Waals surface area contributed by atoms with Crippen LogP contribution >= 0.6 is 0 Å². The summed E-state index contributed by atoms with van der Waals surface area (Å²) in [4.78, 5) is 12.2. The molecule has 0 unspecified atom stereocenters. The first-order chi connectivity index (χ1) is 7.74. The van der Waals surface area contributed by atoms with E-state index in [1.54, 1.807) is 20.8 Å². The van der Waals surface area contributed by atoms with Gasteiger partial charge in [0.25, 0.3) is 0 Å². The number of hydrogen-bond acceptors (Lipinski definition) is 4. The molecule has 0 aromatic rings. The largest absolute Gasteiger partial charge is 0.506 e. The molecule has 5 nitrogen and oxygen atoms in total. The van der Waals surface area contributed by atoms with Gasteiger partial charge in [0.05, 0.1) is 0 Å². The fourth-order valence-corrected chi connectivity index (χ4v) is 1.53. The summed E-state index contributed by atoms with van der Waals surface area (Å²) in [5, 5.41) is 8.03. The molecule has 102 valence electrons. The highest BCUT2D eigenvalue weighted by Gasteiger charge is 2.14. The Kier molecular flexibility index (Phi) is 7.15. The third-order valence-corrected chi connectivity index (χ3v) is 2.47. The van der Waals surface area contributed by atoms with Crippen LogP contribution < -0.4 is 5.73 Å². The standard InChI is InChI=1S/C7H16N2.C5H10O3/c1-2-9-5-3-7(8)4-6-9;1-5(2,3)8-4(6)7/h7H,2-6,8H2,1H3;1-3H3,(H,6,7). The van der Waals surface area contributed by atoms with Crippen LogP contribution in [0.1, 0.15) is 40.5 Å². The number of nitrogens with zero attached hydrogens (tertiary/aromatic N) is 1. The highest BCUT2D eigenvalue weighted by atomic mass is 16.7. The van der Waals surface area contributed by atoms with Gasteiger partial charge < -0.3 is 20.5 Å². The molecule has 0 radical (unpaired) electrons. The number of likely N-dealkylation sites (tertiary alicyclic amines) is 1. The van der Waals surface area contributed by atoms with E-state index in [2.05, 4.69) is 16.6 Å². The Hall–Kier alpha value is -0.810. The van der Waals surface area contributed by atoms with Gasteiger partial charge >= 0.3 is 6.16 Å². The van der Waals surface area contributed by atoms with Gasteiger partial charge in [-0.3, -0.25) is 0 Å². The van der Waals surface area contributed by atoms with E-state index in [0.29, 0.717) is 6.04 Å². The molecule has 1 aliphatic heterocycles. The van der Waals surface area contributed by atoms with Crippen molar-refractivity contribution in [2.75, 3.05) is 19.6 Å². The van der Waals surface area contributed by atoms with Crippen molar-refractivity contribution in [1.29, 1.82) is 0 Å². The van der Waals surface area contributed by atoms with Crippen LogP contribution in [0.2, 0.25) is 0 Å². The van der Waals surface area contributed by atoms with Crippen LogP contribution in [0.15, 0.2) is 0 Å². The predicted octanol–water partition coefficient (Wildman–Crippen LogP) is 1.91. The Bertz CT molecular complexity index is 218. The summed E-state index contributed by atoms with van der Waals surface area (Å²) >= 11 is 0. The fraction of sp³-hybridized carbons (Fsp3) is 0.917. The molecule has 1 fully saturated rings. The van der Waals surface area contributed by atoms with Crippen molar-refractivity contribution in [1.82, 2.24) is 4.90 Å². The van der Waals surface area contributed by atoms with Gasteiger partial charge in [-0.1, -0.05) is 6.92 Å². The first kappa shape index (κ1) is 16.2. The van der Waals surface area contributed by atoms with E-state index in [1.165, 1.54) is 32.5 Å². The molecular formula is C12H26N2O3. The number of carbonyl (C=O) groups is 1. The van der Waals surface area contributed by atoms with E-state index in [-0.39, 0.29) is 0 Å². The first-order valence-corrected chi connectivity index (χ1v) is 6.14. The van der Waals surface area contributed by atoms with Crippen LogP contribution in [-0.2, 0) is 4.74 Å². The van der Waals surface area contributed by atoms with Gasteiger partial charge in [0.15, 0.2) is 0 Å². The second-order valence-corrected chi connectivity index (χ2v) is 5.25. The zero-order valence-corrected chi connectivity index (χ0v) is 11.4. The Morgan fingerprint density at radius 1 is 1.41 bits per heavy atom. The molecule has 0 amide bonds. The van der Waals surface area contributed by atoms with E-state index in [0.717, 1.165) is 0 Å². The zero-order valence-electron chi connectivity index (χ0n) is 11.4. The summed E-state index contributed by atoms with van der Waals surface area (Å²) in [6, 6.07) is 0.479. The second-order valence-electron chi connectivity index (χ2n) is 5.25. The molecule has 1 rings (SSSR count). The summed E-state index contributed by atoms with van der Waals surface area (Å²) in [6.45, 7) is 10.8. The fourth-order valence-electron chi connectivity index (χ4n) is 1.53. The molecule has 0 saturated carbocycles. The lowest BCUT2D eigenvalue weighted by molar-refractivity contribution is 0.0150. The van der Waals surface area contributed by atoms with Crippen LogP contribution in [0.25, 0.3) is 0 Å². The third-order valence-electron chi connectivity index (χ3n) is 2.47. The minimum absolute atomic E-state index is 0.479. The summed E-state index contributed by atoms with van der Waals surface area (Å²) in [6.07, 6.45) is 1.15. The van der Waals surface area contributed by atoms with Crippen molar-refractivity contribution < 1.29 is 14.6 Å². The number of piperidine rings is 1. The molecule has 0 aliphatic carbocycles. The van der Waals surface area contributed by atoms with Crippen molar-refractivity contribution in [3.8, 4) is 0 Å². The van der Waals surface area contributed by atoms with E-state index in [1.807, 2.05) is 0 Å². The molecule has 1 heterocycles. The SMILES string of the molecule is CC(C)(C)OC(=O)O.CCN1CCC(N)CC1. The van der Waals surface area contributed by atoms with Gasteiger partial charge in [0.1, 0.15) is 5.60 Å². The molecular weight excluding hydrogens is 220 g/mol. The lowest BCUT2D eigenvalue weighted by atomic mass is 10.1. The molecule has 0 spiro atoms. The van der Waals surface area contributed by atoms with E-state index in [4.69, 9.17) is 10.8 Å². The number of ether oxygens (including phenoxy) is 1. The number of rotatable bonds is 1. The van der Waals surface area contributed by atoms with Crippen LogP contribution in [0.4, 0.5) is 4.79 Å². The molecule has 0 aromatic carbocycles. The third kappa shape index (κ3) is 10.1. The number of hydrogen-bond donors (Lipinski definition) is 2. The smallest absolute Gasteiger partial charge is 0.450 e. The minimum atomic E-state index is -1.22. The average Bonchev–Trinajstić information content (AvgIpc) is 2.16. The molecule has 0 atom stereocenters. The van der Waals surface area contributed by atoms with Gasteiger partial charge in [-0.25, -0.2) is 4.79 Å². The van der Waals surface area contributed by atoms with Gasteiger partial charge in [0, 0.05) is 6.04 Å². The Morgan fingerprint density at radius 3 is 2.12 bits per heavy atom. The van der Waals surface area contributed by atoms with E-state index in [9.17, 15) is 4.79 Å². The van der Waals surface area contributed by atoms with Crippen molar-refractivity contribution in [2.45, 2.75) is 52.2 Å². The number of carboxylic acid groups (broad SMARTS) is 1. The Morgan fingerprint density at radius 2 is 1.88 bits per heavy atom. The normalized spacial score (nSPS) is 18.2. The lowest BCUT2D eigenvalue weighted by Crippen LogP contribution is -2.39. The topological polar surface area (TPSA) is 75.8 Å². The van der Waals surface area contributed by atoms with Crippen molar-refractivity contribution in [3.05, 3.63) is 0 Å². The molecule has 1 aliphatic rings. The first-order valence-electron chi connectivity index (χ1n) is 6.14. The van der Waals surface area contributed by atoms with Gasteiger partial charge in [-0.15, -0.1) is 0 Å². The lowest BCUT2D eigenvalue weighted by Gasteiger charge is -2.28. The molecule has 0 bridgehead atoms. The Labute approximate surface area is 104 Å². The van der Waals surface area contributed by atoms with Gasteiger partial charge in [-0.2, -0.15) is 0 Å². The number of nitrogens with two attached hydrogens (primary N) is 1. The van der Waals surface area contributed by atoms with E-state index >= 15 is 0 Å². The Balaban J connectivity index is 0.000000304. The highest BCUT2D eigenvalue weighted by Crippen LogP contribution is 2.06. The van der Waals surface area contributed by atoms with Crippen LogP contribution in [-0.4, -0.2) is 47.4 Å². The van der Waals surface area contributed by atoms with Crippen molar-refractivity contribution in [2.24, 2.45) is 5.73 Å². The molecule has 5 heteroatoms. The van der Waals surface area contributed by atoms with Gasteiger partial charge in [0.2, 0.25) is 0 Å². The maximum atomic E-state index is 9.79. The maximum Gasteiger partial charge on any atom is 0.506 e. The quantitative estimate of drug-likeness (QED) is 0.691. The molecule has 3 N–H and O–H groups in total. The zero-order chi connectivity index (χ0) is 13.5. The highest BCUT2D eigenvalue weighted by molar-refractivity contribution is 5.57. The molecule has 0 aromatic heterocycles. The summed E-state index contributed by atoms with van der Waals surface area (Å²) < 4.78 is 4.35. The summed E-state index contributed by atoms with van der Waals surface area (Å²) in [5.41, 5.74) is 5.15. The maximum absolute atomic E-state index is 9.79. The van der Waals surface area contributed by atoms with E-state index < -0.39 is 11.8 Å². The van der Waals surface area contributed by atoms with Crippen LogP contribution in [0, 0.1) is 0 Å². The molecule has 17 heavy (non-hydrogen) atoms. The molecule has 1 saturated heterocycles. The predicted molar refractivity (Wildman–Crippen MR) is 68.2 cm³/mol. The minimum Gasteiger partial charge on any atom is -0.450 e. The van der Waals surface area contributed by atoms with Gasteiger partial charge in [-0.05, 0) is 53.2 Å². The van der Waals surface area contributed by atoms with Crippen molar-refractivity contribution >= 4 is 6.16 Å². The average molecular weight is 246 g/mol. The van der Waals surface area contributed by atoms with Crippen LogP contribution in [0.3, 0.4) is 0 Å². The van der Waals surface area contributed by atoms with Crippen molar-refractivity contribution in [3.63, 3.8) is 0 Å². The second kappa shape index (κ2) is 7.50. The van der Waals surface area contributed by atoms with Crippen LogP contribution in [0.5, 0.6) is 0 Å². The monoisotopic (exact) mass is 246 g/mol. The summed E-state index contributed by atoms with van der Waals surface area (Å²) in [5.74, 6) is 0.